The molecule has 21 heavy (non-hydrogen) atoms. The minimum absolute atomic E-state index is 0.0243. The standard InChI is InChI=1S/C19H26F2/c1-2-3-4-5-15-6-8-16(9-7-15)17-10-12-18(13-11-17)19(21)14-20/h10-16H,2-9H2,1H3. The van der Waals surface area contributed by atoms with Gasteiger partial charge in [-0.15, -0.1) is 0 Å². The Morgan fingerprint density at radius 3 is 2.33 bits per heavy atom. The molecule has 1 aliphatic rings. The predicted octanol–water partition coefficient (Wildman–Crippen LogP) is 6.78. The quantitative estimate of drug-likeness (QED) is 0.507. The lowest BCUT2D eigenvalue weighted by Gasteiger charge is -2.29. The number of rotatable bonds is 6. The van der Waals surface area contributed by atoms with Gasteiger partial charge < -0.3 is 0 Å². The molecular weight excluding hydrogens is 266 g/mol. The summed E-state index contributed by atoms with van der Waals surface area (Å²) < 4.78 is 25.3. The zero-order valence-electron chi connectivity index (χ0n) is 13.0. The Bertz CT molecular complexity index is 439. The molecule has 0 heterocycles. The molecule has 2 rings (SSSR count). The van der Waals surface area contributed by atoms with Gasteiger partial charge >= 0.3 is 0 Å². The van der Waals surface area contributed by atoms with E-state index in [0.717, 1.165) is 5.92 Å². The van der Waals surface area contributed by atoms with Crippen LogP contribution >= 0.6 is 0 Å². The maximum absolute atomic E-state index is 13.1. The summed E-state index contributed by atoms with van der Waals surface area (Å²) >= 11 is 0. The van der Waals surface area contributed by atoms with E-state index in [1.165, 1.54) is 56.9 Å². The molecule has 0 N–H and O–H groups in total. The third kappa shape index (κ3) is 4.66. The molecule has 116 valence electrons. The van der Waals surface area contributed by atoms with Crippen molar-refractivity contribution in [3.63, 3.8) is 0 Å². The Hall–Kier alpha value is -1.18. The molecule has 0 atom stereocenters. The fraction of sp³-hybridized carbons (Fsp3) is 0.579. The molecule has 0 spiro atoms. The van der Waals surface area contributed by atoms with Crippen molar-refractivity contribution in [2.45, 2.75) is 64.2 Å². The van der Waals surface area contributed by atoms with Gasteiger partial charge in [0.05, 0.1) is 0 Å². The second kappa shape index (κ2) is 8.31. The van der Waals surface area contributed by atoms with E-state index >= 15 is 0 Å². The second-order valence-electron chi connectivity index (χ2n) is 6.29. The van der Waals surface area contributed by atoms with Crippen LogP contribution in [0.2, 0.25) is 0 Å². The van der Waals surface area contributed by atoms with Crippen molar-refractivity contribution in [2.75, 3.05) is 0 Å². The Balaban J connectivity index is 1.84. The molecule has 0 aliphatic heterocycles. The monoisotopic (exact) mass is 292 g/mol. The van der Waals surface area contributed by atoms with E-state index in [-0.39, 0.29) is 6.33 Å². The van der Waals surface area contributed by atoms with Gasteiger partial charge in [0, 0.05) is 5.56 Å². The summed E-state index contributed by atoms with van der Waals surface area (Å²) in [5, 5.41) is 0. The SMILES string of the molecule is CCCCCC1CCC(c2ccc(C(F)=CF)cc2)CC1. The van der Waals surface area contributed by atoms with E-state index in [4.69, 9.17) is 0 Å². The molecular formula is C19H26F2. The molecule has 1 saturated carbocycles. The fourth-order valence-corrected chi connectivity index (χ4v) is 3.44. The number of halogens is 2. The Morgan fingerprint density at radius 2 is 1.76 bits per heavy atom. The Kier molecular flexibility index (Phi) is 6.41. The van der Waals surface area contributed by atoms with Gasteiger partial charge in [-0.2, -0.15) is 0 Å². The Morgan fingerprint density at radius 1 is 1.10 bits per heavy atom. The molecule has 0 radical (unpaired) electrons. The fourth-order valence-electron chi connectivity index (χ4n) is 3.44. The van der Waals surface area contributed by atoms with Crippen molar-refractivity contribution in [2.24, 2.45) is 5.92 Å². The van der Waals surface area contributed by atoms with E-state index in [0.29, 0.717) is 11.5 Å². The van der Waals surface area contributed by atoms with E-state index in [1.54, 1.807) is 12.1 Å². The smallest absolute Gasteiger partial charge is 0.158 e. The third-order valence-electron chi connectivity index (χ3n) is 4.82. The van der Waals surface area contributed by atoms with Crippen LogP contribution in [0.1, 0.15) is 75.3 Å². The number of benzene rings is 1. The zero-order valence-corrected chi connectivity index (χ0v) is 13.0. The largest absolute Gasteiger partial charge is 0.212 e. The van der Waals surface area contributed by atoms with Crippen molar-refractivity contribution in [1.82, 2.24) is 0 Å². The van der Waals surface area contributed by atoms with E-state index in [1.807, 2.05) is 12.1 Å². The first kappa shape index (κ1) is 16.2. The van der Waals surface area contributed by atoms with Crippen LogP contribution < -0.4 is 0 Å². The van der Waals surface area contributed by atoms with Gasteiger partial charge in [-0.3, -0.25) is 0 Å². The van der Waals surface area contributed by atoms with Crippen LogP contribution in [0.4, 0.5) is 8.78 Å². The van der Waals surface area contributed by atoms with E-state index in [2.05, 4.69) is 6.92 Å². The van der Waals surface area contributed by atoms with Crippen LogP contribution in [0.15, 0.2) is 30.6 Å². The molecule has 1 fully saturated rings. The second-order valence-corrected chi connectivity index (χ2v) is 6.29. The van der Waals surface area contributed by atoms with Gasteiger partial charge in [0.1, 0.15) is 6.33 Å². The minimum atomic E-state index is -0.791. The molecule has 2 heteroatoms. The number of hydrogen-bond acceptors (Lipinski definition) is 0. The normalized spacial score (nSPS) is 23.3. The maximum Gasteiger partial charge on any atom is 0.158 e. The molecule has 1 aromatic rings. The highest BCUT2D eigenvalue weighted by Crippen LogP contribution is 2.38. The maximum atomic E-state index is 13.1. The lowest BCUT2D eigenvalue weighted by Crippen LogP contribution is -2.13. The molecule has 1 aliphatic carbocycles. The summed E-state index contributed by atoms with van der Waals surface area (Å²) in [7, 11) is 0. The topological polar surface area (TPSA) is 0 Å². The van der Waals surface area contributed by atoms with Crippen molar-refractivity contribution in [3.8, 4) is 0 Å². The highest BCUT2D eigenvalue weighted by atomic mass is 19.2. The van der Waals surface area contributed by atoms with Gasteiger partial charge in [0.25, 0.3) is 0 Å². The van der Waals surface area contributed by atoms with E-state index < -0.39 is 5.83 Å². The highest BCUT2D eigenvalue weighted by Gasteiger charge is 2.22. The third-order valence-corrected chi connectivity index (χ3v) is 4.82. The van der Waals surface area contributed by atoms with Gasteiger partial charge in [-0.25, -0.2) is 8.78 Å². The first-order chi connectivity index (χ1) is 10.2. The summed E-state index contributed by atoms with van der Waals surface area (Å²) in [6.45, 7) is 2.25. The lowest BCUT2D eigenvalue weighted by molar-refractivity contribution is 0.303. The van der Waals surface area contributed by atoms with Crippen LogP contribution in [0.3, 0.4) is 0 Å². The lowest BCUT2D eigenvalue weighted by atomic mass is 9.77. The summed E-state index contributed by atoms with van der Waals surface area (Å²) in [6, 6.07) is 7.29. The highest BCUT2D eigenvalue weighted by molar-refractivity contribution is 5.58. The van der Waals surface area contributed by atoms with Crippen LogP contribution in [-0.2, 0) is 0 Å². The molecule has 0 unspecified atom stereocenters. The molecule has 0 aromatic heterocycles. The van der Waals surface area contributed by atoms with Crippen molar-refractivity contribution < 1.29 is 8.78 Å². The van der Waals surface area contributed by atoms with Gasteiger partial charge in [-0.1, -0.05) is 56.9 Å². The van der Waals surface area contributed by atoms with E-state index in [9.17, 15) is 8.78 Å². The van der Waals surface area contributed by atoms with Crippen LogP contribution in [0, 0.1) is 5.92 Å². The molecule has 0 bridgehead atoms. The molecule has 1 aromatic carbocycles. The summed E-state index contributed by atoms with van der Waals surface area (Å²) in [5.41, 5.74) is 1.60. The number of hydrogen-bond donors (Lipinski definition) is 0. The Labute approximate surface area is 127 Å². The summed E-state index contributed by atoms with van der Waals surface area (Å²) in [5.74, 6) is 0.707. The number of unbranched alkanes of at least 4 members (excludes halogenated alkanes) is 2. The first-order valence-electron chi connectivity index (χ1n) is 8.30. The van der Waals surface area contributed by atoms with Crippen LogP contribution in [0.25, 0.3) is 5.83 Å². The van der Waals surface area contributed by atoms with Gasteiger partial charge in [-0.05, 0) is 43.1 Å². The predicted molar refractivity (Wildman–Crippen MR) is 85.5 cm³/mol. The summed E-state index contributed by atoms with van der Waals surface area (Å²) in [6.07, 6.45) is 10.5. The average molecular weight is 292 g/mol. The van der Waals surface area contributed by atoms with Crippen molar-refractivity contribution in [1.29, 1.82) is 0 Å². The molecule has 0 saturated heterocycles. The molecule has 0 nitrogen and oxygen atoms in total. The first-order valence-corrected chi connectivity index (χ1v) is 8.30. The van der Waals surface area contributed by atoms with Crippen molar-refractivity contribution >= 4 is 5.83 Å². The minimum Gasteiger partial charge on any atom is -0.212 e. The average Bonchev–Trinajstić information content (AvgIpc) is 2.55. The van der Waals surface area contributed by atoms with Gasteiger partial charge in [0.15, 0.2) is 5.83 Å². The van der Waals surface area contributed by atoms with Crippen LogP contribution in [-0.4, -0.2) is 0 Å². The zero-order chi connectivity index (χ0) is 15.1. The van der Waals surface area contributed by atoms with Crippen LogP contribution in [0.5, 0.6) is 0 Å². The molecule has 0 amide bonds. The van der Waals surface area contributed by atoms with Gasteiger partial charge in [0.2, 0.25) is 0 Å². The van der Waals surface area contributed by atoms with Crippen molar-refractivity contribution in [3.05, 3.63) is 41.7 Å². The summed E-state index contributed by atoms with van der Waals surface area (Å²) in [4.78, 5) is 0.